The zero-order valence-electron chi connectivity index (χ0n) is 12.6. The Bertz CT molecular complexity index is 787. The normalized spacial score (nSPS) is 22.8. The van der Waals surface area contributed by atoms with Gasteiger partial charge < -0.3 is 10.4 Å². The number of hydrogen-bond acceptors (Lipinski definition) is 3. The largest absolute Gasteiger partial charge is 0.387 e. The molecule has 0 fully saturated rings. The first kappa shape index (κ1) is 17.1. The monoisotopic (exact) mass is 368 g/mol. The fourth-order valence-electron chi connectivity index (χ4n) is 2.84. The number of aromatic nitrogens is 1. The van der Waals surface area contributed by atoms with Crippen molar-refractivity contribution < 1.29 is 14.3 Å². The Kier molecular flexibility index (Phi) is 4.76. The third kappa shape index (κ3) is 3.11. The van der Waals surface area contributed by atoms with Gasteiger partial charge in [-0.2, -0.15) is 0 Å². The predicted octanol–water partition coefficient (Wildman–Crippen LogP) is 3.70. The summed E-state index contributed by atoms with van der Waals surface area (Å²) in [6.45, 7) is 0.0820. The topological polar surface area (TPSA) is 62.2 Å². The lowest BCUT2D eigenvalue weighted by atomic mass is 9.81. The second kappa shape index (κ2) is 6.67. The van der Waals surface area contributed by atoms with Crippen LogP contribution in [0.4, 0.5) is 4.39 Å². The van der Waals surface area contributed by atoms with Crippen LogP contribution in [0.15, 0.2) is 36.5 Å². The summed E-state index contributed by atoms with van der Waals surface area (Å²) in [6.07, 6.45) is 0.644. The Hall–Kier alpha value is -1.69. The lowest BCUT2D eigenvalue weighted by molar-refractivity contribution is -0.135. The van der Waals surface area contributed by atoms with E-state index in [9.17, 15) is 9.90 Å². The van der Waals surface area contributed by atoms with Crippen LogP contribution in [0.1, 0.15) is 35.8 Å². The molecule has 1 aromatic heterocycles. The van der Waals surface area contributed by atoms with Gasteiger partial charge in [-0.1, -0.05) is 35.3 Å². The van der Waals surface area contributed by atoms with E-state index in [1.54, 1.807) is 24.3 Å². The molecule has 4 nitrogen and oxygen atoms in total. The maximum Gasteiger partial charge on any atom is 0.262 e. The van der Waals surface area contributed by atoms with Crippen LogP contribution in [0.5, 0.6) is 0 Å². The van der Waals surface area contributed by atoms with E-state index in [1.807, 2.05) is 0 Å². The predicted molar refractivity (Wildman–Crippen MR) is 89.5 cm³/mol. The molecule has 0 bridgehead atoms. The standard InChI is InChI=1S/C17H15Cl2FN2O2/c18-11-4-3-10(13(19)8-11)9-22-16(24)17(20)6-5-14(23)15-12(17)2-1-7-21-15/h1-4,7-8,14,23H,5-6,9H2,(H,22,24). The summed E-state index contributed by atoms with van der Waals surface area (Å²) in [4.78, 5) is 16.5. The first-order valence-electron chi connectivity index (χ1n) is 7.46. The molecule has 2 unspecified atom stereocenters. The van der Waals surface area contributed by atoms with Gasteiger partial charge in [-0.15, -0.1) is 0 Å². The maximum atomic E-state index is 15.4. The third-order valence-electron chi connectivity index (χ3n) is 4.16. The lowest BCUT2D eigenvalue weighted by Gasteiger charge is -2.32. The molecule has 1 aliphatic rings. The SMILES string of the molecule is O=C(NCc1ccc(Cl)cc1Cl)C1(F)CCC(O)c2ncccc21. The maximum absolute atomic E-state index is 15.4. The van der Waals surface area contributed by atoms with Crippen LogP contribution >= 0.6 is 23.2 Å². The van der Waals surface area contributed by atoms with Crippen LogP contribution in [-0.4, -0.2) is 16.0 Å². The van der Waals surface area contributed by atoms with Crippen molar-refractivity contribution >= 4 is 29.1 Å². The van der Waals surface area contributed by atoms with Crippen LogP contribution in [-0.2, 0) is 17.0 Å². The highest BCUT2D eigenvalue weighted by Crippen LogP contribution is 2.42. The molecule has 0 radical (unpaired) electrons. The average Bonchev–Trinajstić information content (AvgIpc) is 2.57. The molecule has 3 rings (SSSR count). The molecular formula is C17H15Cl2FN2O2. The minimum atomic E-state index is -2.22. The number of hydrogen-bond donors (Lipinski definition) is 2. The highest BCUT2D eigenvalue weighted by molar-refractivity contribution is 6.35. The number of fused-ring (bicyclic) bond motifs is 1. The van der Waals surface area contributed by atoms with Crippen molar-refractivity contribution in [1.82, 2.24) is 10.3 Å². The summed E-state index contributed by atoms with van der Waals surface area (Å²) < 4.78 is 15.4. The van der Waals surface area contributed by atoms with E-state index in [2.05, 4.69) is 10.3 Å². The number of pyridine rings is 1. The molecule has 2 N–H and O–H groups in total. The van der Waals surface area contributed by atoms with Crippen LogP contribution in [0.25, 0.3) is 0 Å². The summed E-state index contributed by atoms with van der Waals surface area (Å²) in [6, 6.07) is 7.92. The lowest BCUT2D eigenvalue weighted by Crippen LogP contribution is -2.44. The number of carbonyl (C=O) groups is 1. The molecular weight excluding hydrogens is 354 g/mol. The second-order valence-corrected chi connectivity index (χ2v) is 6.55. The van der Waals surface area contributed by atoms with E-state index in [4.69, 9.17) is 23.2 Å². The zero-order valence-corrected chi connectivity index (χ0v) is 14.1. The smallest absolute Gasteiger partial charge is 0.262 e. The Labute approximate surface area is 148 Å². The molecule has 126 valence electrons. The number of halogens is 3. The van der Waals surface area contributed by atoms with Gasteiger partial charge in [0, 0.05) is 28.4 Å². The number of rotatable bonds is 3. The molecule has 2 aromatic rings. The van der Waals surface area contributed by atoms with Gasteiger partial charge >= 0.3 is 0 Å². The number of aliphatic hydroxyl groups excluding tert-OH is 1. The first-order valence-corrected chi connectivity index (χ1v) is 8.22. The minimum absolute atomic E-state index is 0.0820. The van der Waals surface area contributed by atoms with Gasteiger partial charge in [-0.05, 0) is 36.6 Å². The summed E-state index contributed by atoms with van der Waals surface area (Å²) >= 11 is 11.9. The quantitative estimate of drug-likeness (QED) is 0.868. The van der Waals surface area contributed by atoms with Gasteiger partial charge in [-0.3, -0.25) is 9.78 Å². The molecule has 0 aliphatic heterocycles. The number of nitrogens with zero attached hydrogens (tertiary/aromatic N) is 1. The van der Waals surface area contributed by atoms with Crippen molar-refractivity contribution in [3.63, 3.8) is 0 Å². The number of aliphatic hydroxyl groups is 1. The molecule has 0 spiro atoms. The van der Waals surface area contributed by atoms with Gasteiger partial charge in [-0.25, -0.2) is 4.39 Å². The molecule has 0 saturated carbocycles. The molecule has 2 atom stereocenters. The minimum Gasteiger partial charge on any atom is -0.387 e. The van der Waals surface area contributed by atoms with Gasteiger partial charge in [0.05, 0.1) is 11.8 Å². The van der Waals surface area contributed by atoms with Crippen molar-refractivity contribution in [2.45, 2.75) is 31.2 Å². The summed E-state index contributed by atoms with van der Waals surface area (Å²) in [5.41, 5.74) is -1.25. The van der Waals surface area contributed by atoms with Crippen molar-refractivity contribution in [2.75, 3.05) is 0 Å². The molecule has 24 heavy (non-hydrogen) atoms. The Balaban J connectivity index is 1.81. The van der Waals surface area contributed by atoms with E-state index in [-0.39, 0.29) is 30.6 Å². The average molecular weight is 369 g/mol. The van der Waals surface area contributed by atoms with Gasteiger partial charge in [0.15, 0.2) is 0 Å². The second-order valence-electron chi connectivity index (χ2n) is 5.71. The number of amides is 1. The first-order chi connectivity index (χ1) is 11.4. The van der Waals surface area contributed by atoms with E-state index >= 15 is 4.39 Å². The highest BCUT2D eigenvalue weighted by Gasteiger charge is 2.46. The van der Waals surface area contributed by atoms with E-state index in [0.29, 0.717) is 15.6 Å². The molecule has 1 aliphatic carbocycles. The Morgan fingerprint density at radius 2 is 2.21 bits per heavy atom. The van der Waals surface area contributed by atoms with Crippen molar-refractivity contribution in [3.8, 4) is 0 Å². The Morgan fingerprint density at radius 1 is 1.42 bits per heavy atom. The zero-order chi connectivity index (χ0) is 17.3. The van der Waals surface area contributed by atoms with Crippen molar-refractivity contribution in [1.29, 1.82) is 0 Å². The molecule has 1 amide bonds. The third-order valence-corrected chi connectivity index (χ3v) is 4.74. The van der Waals surface area contributed by atoms with Crippen LogP contribution in [0.3, 0.4) is 0 Å². The highest BCUT2D eigenvalue weighted by atomic mass is 35.5. The van der Waals surface area contributed by atoms with Gasteiger partial charge in [0.25, 0.3) is 5.91 Å². The molecule has 1 aromatic carbocycles. The van der Waals surface area contributed by atoms with Crippen molar-refractivity contribution in [2.24, 2.45) is 0 Å². The summed E-state index contributed by atoms with van der Waals surface area (Å²) in [5, 5.41) is 13.4. The number of carbonyl (C=O) groups excluding carboxylic acids is 1. The number of benzene rings is 1. The van der Waals surface area contributed by atoms with Gasteiger partial charge in [0.1, 0.15) is 0 Å². The number of nitrogens with one attached hydrogen (secondary N) is 1. The summed E-state index contributed by atoms with van der Waals surface area (Å²) in [7, 11) is 0. The molecule has 0 saturated heterocycles. The molecule has 7 heteroatoms. The Morgan fingerprint density at radius 3 is 2.96 bits per heavy atom. The van der Waals surface area contributed by atoms with Crippen molar-refractivity contribution in [3.05, 3.63) is 63.4 Å². The van der Waals surface area contributed by atoms with Gasteiger partial charge in [0.2, 0.25) is 5.67 Å². The van der Waals surface area contributed by atoms with E-state index in [0.717, 1.165) is 0 Å². The fourth-order valence-corrected chi connectivity index (χ4v) is 3.32. The summed E-state index contributed by atoms with van der Waals surface area (Å²) in [5.74, 6) is -0.769. The van der Waals surface area contributed by atoms with Crippen LogP contribution < -0.4 is 5.32 Å². The van der Waals surface area contributed by atoms with Crippen LogP contribution in [0.2, 0.25) is 10.0 Å². The molecule has 1 heterocycles. The number of alkyl halides is 1. The van der Waals surface area contributed by atoms with E-state index in [1.165, 1.54) is 12.3 Å². The van der Waals surface area contributed by atoms with Crippen LogP contribution in [0, 0.1) is 0 Å². The van der Waals surface area contributed by atoms with E-state index < -0.39 is 17.7 Å². The fraction of sp³-hybridized carbons (Fsp3) is 0.294.